The Hall–Kier alpha value is -2.74. The number of nitrogens with zero attached hydrogens (tertiary/aromatic N) is 5. The molecule has 130 valence electrons. The normalized spacial score (nSPS) is 16.6. The first kappa shape index (κ1) is 15.8. The van der Waals surface area contributed by atoms with Crippen LogP contribution in [0.15, 0.2) is 28.8 Å². The summed E-state index contributed by atoms with van der Waals surface area (Å²) in [4.78, 5) is 4.32. The monoisotopic (exact) mass is 341 g/mol. The first-order valence-corrected chi connectivity index (χ1v) is 8.38. The van der Waals surface area contributed by atoms with E-state index in [1.807, 2.05) is 42.8 Å². The van der Waals surface area contributed by atoms with Crippen molar-refractivity contribution in [3.63, 3.8) is 0 Å². The van der Waals surface area contributed by atoms with Crippen LogP contribution < -0.4 is 4.74 Å². The average Bonchev–Trinajstić information content (AvgIpc) is 3.28. The van der Waals surface area contributed by atoms with Crippen LogP contribution >= 0.6 is 0 Å². The molecule has 1 unspecified atom stereocenters. The molecule has 1 aromatic carbocycles. The summed E-state index contributed by atoms with van der Waals surface area (Å²) in [5.74, 6) is 1.90. The molecule has 3 heterocycles. The van der Waals surface area contributed by atoms with Gasteiger partial charge in [0.15, 0.2) is 11.5 Å². The number of fused-ring (bicyclic) bond motifs is 1. The second kappa shape index (κ2) is 6.64. The van der Waals surface area contributed by atoms with Gasteiger partial charge in [0.2, 0.25) is 0 Å². The van der Waals surface area contributed by atoms with Gasteiger partial charge < -0.3 is 14.0 Å². The molecule has 4 rings (SSSR count). The van der Waals surface area contributed by atoms with E-state index in [2.05, 4.69) is 20.5 Å². The maximum Gasteiger partial charge on any atom is 0.280 e. The van der Waals surface area contributed by atoms with Crippen LogP contribution in [0.2, 0.25) is 0 Å². The van der Waals surface area contributed by atoms with Gasteiger partial charge in [-0.25, -0.2) is 4.68 Å². The summed E-state index contributed by atoms with van der Waals surface area (Å²) >= 11 is 0. The van der Waals surface area contributed by atoms with Gasteiger partial charge in [-0.05, 0) is 24.6 Å². The van der Waals surface area contributed by atoms with E-state index < -0.39 is 0 Å². The van der Waals surface area contributed by atoms with Crippen LogP contribution in [0.4, 0.5) is 0 Å². The zero-order valence-electron chi connectivity index (χ0n) is 14.2. The number of hydrogen-bond donors (Lipinski definition) is 0. The van der Waals surface area contributed by atoms with Crippen molar-refractivity contribution in [2.24, 2.45) is 0 Å². The minimum absolute atomic E-state index is 0.0772. The fraction of sp³-hybridized carbons (Fsp3) is 0.412. The fourth-order valence-electron chi connectivity index (χ4n) is 2.82. The van der Waals surface area contributed by atoms with E-state index >= 15 is 0 Å². The van der Waals surface area contributed by atoms with Gasteiger partial charge in [-0.2, -0.15) is 4.98 Å². The molecule has 0 radical (unpaired) electrons. The van der Waals surface area contributed by atoms with Gasteiger partial charge in [0.1, 0.15) is 11.9 Å². The number of benzene rings is 1. The fourth-order valence-corrected chi connectivity index (χ4v) is 2.82. The van der Waals surface area contributed by atoms with Crippen molar-refractivity contribution in [1.82, 2.24) is 25.1 Å². The van der Waals surface area contributed by atoms with Crippen molar-refractivity contribution in [2.45, 2.75) is 39.5 Å². The first-order valence-electron chi connectivity index (χ1n) is 8.38. The lowest BCUT2D eigenvalue weighted by molar-refractivity contribution is -0.00119. The summed E-state index contributed by atoms with van der Waals surface area (Å²) in [5.41, 5.74) is 2.53. The third-order valence-corrected chi connectivity index (χ3v) is 4.15. The molecule has 0 saturated carbocycles. The molecule has 0 aliphatic carbocycles. The predicted octanol–water partition coefficient (Wildman–Crippen LogP) is 2.56. The van der Waals surface area contributed by atoms with Gasteiger partial charge in [0.25, 0.3) is 5.89 Å². The summed E-state index contributed by atoms with van der Waals surface area (Å²) in [6.45, 7) is 5.57. The Morgan fingerprint density at radius 3 is 2.80 bits per heavy atom. The molecule has 8 heteroatoms. The topological polar surface area (TPSA) is 88.1 Å². The van der Waals surface area contributed by atoms with E-state index in [0.717, 1.165) is 17.0 Å². The van der Waals surface area contributed by atoms with Gasteiger partial charge in [-0.3, -0.25) is 0 Å². The minimum Gasteiger partial charge on any atom is -0.494 e. The Labute approximate surface area is 144 Å². The van der Waals surface area contributed by atoms with Gasteiger partial charge in [0.05, 0.1) is 25.5 Å². The maximum atomic E-state index is 6.01. The minimum atomic E-state index is -0.0772. The lowest BCUT2D eigenvalue weighted by Crippen LogP contribution is -2.22. The van der Waals surface area contributed by atoms with Crippen LogP contribution in [0.25, 0.3) is 11.6 Å². The van der Waals surface area contributed by atoms with Crippen molar-refractivity contribution in [3.8, 4) is 17.3 Å². The van der Waals surface area contributed by atoms with E-state index in [0.29, 0.717) is 43.6 Å². The Kier molecular flexibility index (Phi) is 4.19. The summed E-state index contributed by atoms with van der Waals surface area (Å²) in [6.07, 6.45) is 0.634. The van der Waals surface area contributed by atoms with Crippen molar-refractivity contribution >= 4 is 0 Å². The highest BCUT2D eigenvalue weighted by Gasteiger charge is 2.27. The van der Waals surface area contributed by atoms with E-state index in [1.165, 1.54) is 0 Å². The predicted molar refractivity (Wildman–Crippen MR) is 87.8 cm³/mol. The number of aromatic nitrogens is 5. The molecular weight excluding hydrogens is 322 g/mol. The number of rotatable bonds is 5. The zero-order chi connectivity index (χ0) is 17.2. The van der Waals surface area contributed by atoms with Crippen LogP contribution in [0.1, 0.15) is 37.0 Å². The third-order valence-electron chi connectivity index (χ3n) is 4.15. The largest absolute Gasteiger partial charge is 0.494 e. The highest BCUT2D eigenvalue weighted by molar-refractivity contribution is 5.49. The van der Waals surface area contributed by atoms with E-state index in [9.17, 15) is 0 Å². The Morgan fingerprint density at radius 2 is 2.08 bits per heavy atom. The molecule has 0 spiro atoms. The van der Waals surface area contributed by atoms with Gasteiger partial charge >= 0.3 is 0 Å². The number of ether oxygens (including phenoxy) is 2. The van der Waals surface area contributed by atoms with E-state index in [1.54, 1.807) is 0 Å². The maximum absolute atomic E-state index is 6.01. The lowest BCUT2D eigenvalue weighted by atomic mass is 10.1. The molecule has 0 bridgehead atoms. The third kappa shape index (κ3) is 3.00. The van der Waals surface area contributed by atoms with Gasteiger partial charge in [0, 0.05) is 6.42 Å². The van der Waals surface area contributed by atoms with Crippen LogP contribution in [-0.2, 0) is 24.3 Å². The number of aryl methyl sites for hydroxylation is 1. The number of hydrogen-bond acceptors (Lipinski definition) is 7. The molecule has 0 amide bonds. The van der Waals surface area contributed by atoms with Crippen LogP contribution in [0.3, 0.4) is 0 Å². The van der Waals surface area contributed by atoms with Crippen molar-refractivity contribution in [3.05, 3.63) is 41.3 Å². The standard InChI is InChI=1S/C17H19N5O3/c1-3-15-18-17(25-20-15)16-13-10-24-14(9-22(13)21-19-16)11-5-7-12(8-6-11)23-4-2/h5-8,14H,3-4,9-10H2,1-2H3. The van der Waals surface area contributed by atoms with Gasteiger partial charge in [-0.1, -0.05) is 29.4 Å². The molecule has 0 saturated heterocycles. The molecular formula is C17H19N5O3. The molecule has 1 aliphatic heterocycles. The first-order chi connectivity index (χ1) is 12.3. The van der Waals surface area contributed by atoms with Crippen molar-refractivity contribution < 1.29 is 14.0 Å². The Bertz CT molecular complexity index is 856. The lowest BCUT2D eigenvalue weighted by Gasteiger charge is -2.24. The zero-order valence-corrected chi connectivity index (χ0v) is 14.2. The summed E-state index contributed by atoms with van der Waals surface area (Å²) in [7, 11) is 0. The molecule has 2 aromatic heterocycles. The smallest absolute Gasteiger partial charge is 0.280 e. The quantitative estimate of drug-likeness (QED) is 0.704. The summed E-state index contributed by atoms with van der Waals surface area (Å²) in [6, 6.07) is 7.94. The summed E-state index contributed by atoms with van der Waals surface area (Å²) < 4.78 is 18.6. The molecule has 1 atom stereocenters. The van der Waals surface area contributed by atoms with Crippen molar-refractivity contribution in [1.29, 1.82) is 0 Å². The van der Waals surface area contributed by atoms with E-state index in [4.69, 9.17) is 14.0 Å². The van der Waals surface area contributed by atoms with E-state index in [-0.39, 0.29) is 6.10 Å². The van der Waals surface area contributed by atoms with Crippen molar-refractivity contribution in [2.75, 3.05) is 6.61 Å². The summed E-state index contributed by atoms with van der Waals surface area (Å²) in [5, 5.41) is 12.3. The molecule has 0 fully saturated rings. The van der Waals surface area contributed by atoms with Gasteiger partial charge in [-0.15, -0.1) is 5.10 Å². The van der Waals surface area contributed by atoms with Crippen LogP contribution in [-0.4, -0.2) is 31.7 Å². The molecule has 3 aromatic rings. The van der Waals surface area contributed by atoms with Crippen LogP contribution in [0, 0.1) is 0 Å². The molecule has 1 aliphatic rings. The molecule has 0 N–H and O–H groups in total. The van der Waals surface area contributed by atoms with Crippen LogP contribution in [0.5, 0.6) is 5.75 Å². The molecule has 25 heavy (non-hydrogen) atoms. The highest BCUT2D eigenvalue weighted by Crippen LogP contribution is 2.30. The molecule has 8 nitrogen and oxygen atoms in total. The average molecular weight is 341 g/mol. The highest BCUT2D eigenvalue weighted by atomic mass is 16.5. The second-order valence-corrected chi connectivity index (χ2v) is 5.74. The Morgan fingerprint density at radius 1 is 1.24 bits per heavy atom. The second-order valence-electron chi connectivity index (χ2n) is 5.74. The SMILES string of the molecule is CCOc1ccc(C2Cn3nnc(-c4nc(CC)no4)c3CO2)cc1. The Balaban J connectivity index is 1.54.